The molecule has 1 rings (SSSR count). The Balaban J connectivity index is 2.60. The van der Waals surface area contributed by atoms with Gasteiger partial charge in [-0.25, -0.2) is 9.59 Å². The van der Waals surface area contributed by atoms with E-state index in [1.165, 1.54) is 19.3 Å². The smallest absolute Gasteiger partial charge is 0.345 e. The third kappa shape index (κ3) is 6.76. The first kappa shape index (κ1) is 19.1. The summed E-state index contributed by atoms with van der Waals surface area (Å²) < 4.78 is 14.9. The fraction of sp³-hybridized carbons (Fsp3) is 0.250. The first-order chi connectivity index (χ1) is 10.8. The molecule has 0 fully saturated rings. The molecule has 1 atom stereocenters. The number of ether oxygens (including phenoxy) is 3. The minimum Gasteiger partial charge on any atom is -0.480 e. The van der Waals surface area contributed by atoms with Crippen LogP contribution in [0.2, 0.25) is 10.0 Å². The van der Waals surface area contributed by atoms with Gasteiger partial charge in [0.15, 0.2) is 6.61 Å². The molecular weight excluding hydrogens is 343 g/mol. The van der Waals surface area contributed by atoms with Gasteiger partial charge in [-0.2, -0.15) is 0 Å². The fourth-order valence-corrected chi connectivity index (χ4v) is 1.91. The largest absolute Gasteiger partial charge is 0.480 e. The van der Waals surface area contributed by atoms with Gasteiger partial charge in [-0.05, 0) is 36.8 Å². The molecule has 0 spiro atoms. The second-order valence-corrected chi connectivity index (χ2v) is 5.35. The van der Waals surface area contributed by atoms with Crippen molar-refractivity contribution >= 4 is 35.1 Å². The van der Waals surface area contributed by atoms with Gasteiger partial charge < -0.3 is 14.2 Å². The Morgan fingerprint density at radius 3 is 2.61 bits per heavy atom. The van der Waals surface area contributed by atoms with Crippen molar-refractivity contribution in [1.82, 2.24) is 0 Å². The molecule has 0 saturated heterocycles. The van der Waals surface area contributed by atoms with Crippen LogP contribution in [0.3, 0.4) is 0 Å². The van der Waals surface area contributed by atoms with Crippen molar-refractivity contribution in [3.05, 3.63) is 52.5 Å². The summed E-state index contributed by atoms with van der Waals surface area (Å²) in [4.78, 5) is 22.9. The van der Waals surface area contributed by atoms with Crippen molar-refractivity contribution in [2.45, 2.75) is 13.0 Å². The van der Waals surface area contributed by atoms with Gasteiger partial charge in [0.05, 0.1) is 12.1 Å². The second kappa shape index (κ2) is 9.22. The van der Waals surface area contributed by atoms with E-state index in [9.17, 15) is 9.59 Å². The molecule has 0 amide bonds. The highest BCUT2D eigenvalue weighted by Crippen LogP contribution is 2.27. The molecule has 0 N–H and O–H groups in total. The van der Waals surface area contributed by atoms with E-state index in [2.05, 4.69) is 11.3 Å². The van der Waals surface area contributed by atoms with Crippen LogP contribution in [0.25, 0.3) is 0 Å². The number of benzene rings is 1. The molecule has 0 saturated carbocycles. The highest BCUT2D eigenvalue weighted by Gasteiger charge is 2.14. The SMILES string of the molecule is C=C(C)C(C=CC(=O)OC)OC(=O)COc1ccc(Cl)cc1Cl. The molecule has 0 aliphatic rings. The number of esters is 2. The number of hydrogen-bond acceptors (Lipinski definition) is 5. The van der Waals surface area contributed by atoms with Crippen LogP contribution in [0.1, 0.15) is 6.92 Å². The zero-order chi connectivity index (χ0) is 17.4. The Bertz CT molecular complexity index is 625. The van der Waals surface area contributed by atoms with E-state index >= 15 is 0 Å². The van der Waals surface area contributed by atoms with Crippen molar-refractivity contribution in [3.8, 4) is 5.75 Å². The maximum absolute atomic E-state index is 11.8. The summed E-state index contributed by atoms with van der Waals surface area (Å²) in [5.74, 6) is -0.889. The Morgan fingerprint density at radius 2 is 2.04 bits per heavy atom. The van der Waals surface area contributed by atoms with Crippen molar-refractivity contribution in [1.29, 1.82) is 0 Å². The quantitative estimate of drug-likeness (QED) is 0.423. The van der Waals surface area contributed by atoms with Gasteiger partial charge in [-0.15, -0.1) is 0 Å². The molecule has 0 radical (unpaired) electrons. The van der Waals surface area contributed by atoms with Crippen LogP contribution in [0, 0.1) is 0 Å². The van der Waals surface area contributed by atoms with Gasteiger partial charge in [0.2, 0.25) is 0 Å². The van der Waals surface area contributed by atoms with Crippen molar-refractivity contribution in [2.75, 3.05) is 13.7 Å². The van der Waals surface area contributed by atoms with Gasteiger partial charge >= 0.3 is 11.9 Å². The summed E-state index contributed by atoms with van der Waals surface area (Å²) in [7, 11) is 1.25. The first-order valence-corrected chi connectivity index (χ1v) is 7.28. The van der Waals surface area contributed by atoms with Gasteiger partial charge in [-0.1, -0.05) is 29.8 Å². The third-order valence-electron chi connectivity index (χ3n) is 2.59. The molecule has 0 bridgehead atoms. The molecule has 7 heteroatoms. The van der Waals surface area contributed by atoms with E-state index in [-0.39, 0.29) is 11.6 Å². The zero-order valence-corrected chi connectivity index (χ0v) is 14.2. The lowest BCUT2D eigenvalue weighted by molar-refractivity contribution is -0.148. The van der Waals surface area contributed by atoms with E-state index < -0.39 is 18.0 Å². The first-order valence-electron chi connectivity index (χ1n) is 6.52. The summed E-state index contributed by atoms with van der Waals surface area (Å²) in [6.07, 6.45) is 1.77. The van der Waals surface area contributed by atoms with Gasteiger partial charge in [0.25, 0.3) is 0 Å². The number of methoxy groups -OCH3 is 1. The van der Waals surface area contributed by atoms with E-state index in [0.29, 0.717) is 16.3 Å². The molecule has 0 aromatic heterocycles. The van der Waals surface area contributed by atoms with Gasteiger partial charge in [-0.3, -0.25) is 0 Å². The number of halogens is 2. The Morgan fingerprint density at radius 1 is 1.35 bits per heavy atom. The average Bonchev–Trinajstić information content (AvgIpc) is 2.49. The van der Waals surface area contributed by atoms with Crippen molar-refractivity contribution in [2.24, 2.45) is 0 Å². The standard InChI is InChI=1S/C16H16Cl2O5/c1-10(2)13(6-7-15(19)21-3)23-16(20)9-22-14-5-4-11(17)8-12(14)18/h4-8,13H,1,9H2,2-3H3. The summed E-state index contributed by atoms with van der Waals surface area (Å²) in [5, 5.41) is 0.743. The molecular formula is C16H16Cl2O5. The number of carbonyl (C=O) groups is 2. The summed E-state index contributed by atoms with van der Waals surface area (Å²) >= 11 is 11.7. The Hall–Kier alpha value is -1.98. The van der Waals surface area contributed by atoms with Crippen LogP contribution in [0.5, 0.6) is 5.75 Å². The van der Waals surface area contributed by atoms with Crippen LogP contribution < -0.4 is 4.74 Å². The Labute approximate surface area is 144 Å². The zero-order valence-electron chi connectivity index (χ0n) is 12.7. The average molecular weight is 359 g/mol. The molecule has 0 heterocycles. The van der Waals surface area contributed by atoms with Crippen molar-refractivity contribution in [3.63, 3.8) is 0 Å². The highest BCUT2D eigenvalue weighted by atomic mass is 35.5. The van der Waals surface area contributed by atoms with E-state index in [1.807, 2.05) is 0 Å². The topological polar surface area (TPSA) is 61.8 Å². The molecule has 0 aliphatic carbocycles. The lowest BCUT2D eigenvalue weighted by Crippen LogP contribution is -2.22. The number of rotatable bonds is 7. The molecule has 23 heavy (non-hydrogen) atoms. The fourth-order valence-electron chi connectivity index (χ4n) is 1.44. The number of carbonyl (C=O) groups excluding carboxylic acids is 2. The van der Waals surface area contributed by atoms with E-state index in [1.54, 1.807) is 19.1 Å². The maximum atomic E-state index is 11.8. The lowest BCUT2D eigenvalue weighted by atomic mass is 10.2. The molecule has 1 unspecified atom stereocenters. The molecule has 1 aromatic carbocycles. The van der Waals surface area contributed by atoms with Crippen LogP contribution in [-0.2, 0) is 19.1 Å². The van der Waals surface area contributed by atoms with Crippen LogP contribution in [0.15, 0.2) is 42.5 Å². The van der Waals surface area contributed by atoms with Crippen LogP contribution >= 0.6 is 23.2 Å². The monoisotopic (exact) mass is 358 g/mol. The van der Waals surface area contributed by atoms with Crippen LogP contribution in [-0.4, -0.2) is 31.8 Å². The van der Waals surface area contributed by atoms with Crippen molar-refractivity contribution < 1.29 is 23.8 Å². The second-order valence-electron chi connectivity index (χ2n) is 4.50. The van der Waals surface area contributed by atoms with Gasteiger partial charge in [0.1, 0.15) is 11.9 Å². The van der Waals surface area contributed by atoms with E-state index in [4.69, 9.17) is 32.7 Å². The summed E-state index contributed by atoms with van der Waals surface area (Å²) in [6, 6.07) is 4.63. The normalized spacial score (nSPS) is 11.8. The molecule has 1 aromatic rings. The predicted molar refractivity (Wildman–Crippen MR) is 87.8 cm³/mol. The summed E-state index contributed by atoms with van der Waals surface area (Å²) in [5.41, 5.74) is 0.544. The molecule has 0 aliphatic heterocycles. The molecule has 5 nitrogen and oxygen atoms in total. The number of hydrogen-bond donors (Lipinski definition) is 0. The van der Waals surface area contributed by atoms with Crippen LogP contribution in [0.4, 0.5) is 0 Å². The third-order valence-corrected chi connectivity index (χ3v) is 3.12. The predicted octanol–water partition coefficient (Wildman–Crippen LogP) is 3.59. The minimum atomic E-state index is -0.758. The lowest BCUT2D eigenvalue weighted by Gasteiger charge is -2.15. The van der Waals surface area contributed by atoms with E-state index in [0.717, 1.165) is 6.08 Å². The Kier molecular flexibility index (Phi) is 7.65. The maximum Gasteiger partial charge on any atom is 0.345 e. The minimum absolute atomic E-state index is 0.285. The highest BCUT2D eigenvalue weighted by molar-refractivity contribution is 6.35. The summed E-state index contributed by atoms with van der Waals surface area (Å²) in [6.45, 7) is 5.01. The molecule has 124 valence electrons. The van der Waals surface area contributed by atoms with Gasteiger partial charge in [0, 0.05) is 11.1 Å².